The first kappa shape index (κ1) is 24.2. The van der Waals surface area contributed by atoms with Gasteiger partial charge in [-0.25, -0.2) is 4.79 Å². The van der Waals surface area contributed by atoms with Gasteiger partial charge in [0.05, 0.1) is 27.9 Å². The van der Waals surface area contributed by atoms with Crippen LogP contribution in [-0.4, -0.2) is 65.1 Å². The Morgan fingerprint density at radius 3 is 2.46 bits per heavy atom. The Kier molecular flexibility index (Phi) is 7.28. The van der Waals surface area contributed by atoms with Crippen molar-refractivity contribution in [2.24, 2.45) is 5.92 Å². The van der Waals surface area contributed by atoms with Gasteiger partial charge in [-0.15, -0.1) is 0 Å². The Morgan fingerprint density at radius 2 is 1.80 bits per heavy atom. The summed E-state index contributed by atoms with van der Waals surface area (Å²) in [6.45, 7) is 2.50. The van der Waals surface area contributed by atoms with Crippen LogP contribution < -0.4 is 14.2 Å². The number of benzene rings is 1. The van der Waals surface area contributed by atoms with Crippen LogP contribution in [-0.2, 0) is 11.3 Å². The van der Waals surface area contributed by atoms with Gasteiger partial charge >= 0.3 is 11.9 Å². The molecule has 0 fully saturated rings. The standard InChI is InChI=1S/C25H29N4O6/c1-5-6-9-12-28-24(30)17-10-7-8-11-18(17)29(25(28)31)15-21-26-23(27-35-21)16-13-19(32-2)22(34-4)20(14-16)33-3/h7-8,10-11,13-14,17H,5-6,9,12,15H2,1-4H3/q+1. The fourth-order valence-electron chi connectivity index (χ4n) is 4.18. The highest BCUT2D eigenvalue weighted by atomic mass is 16.5. The van der Waals surface area contributed by atoms with Gasteiger partial charge in [0.25, 0.3) is 5.89 Å². The van der Waals surface area contributed by atoms with E-state index in [1.807, 2.05) is 6.08 Å². The number of allylic oxidation sites excluding steroid dienone is 3. The fourth-order valence-corrected chi connectivity index (χ4v) is 4.18. The number of imide groups is 1. The lowest BCUT2D eigenvalue weighted by molar-refractivity contribution is -0.460. The molecule has 35 heavy (non-hydrogen) atoms. The van der Waals surface area contributed by atoms with Gasteiger partial charge in [0, 0.05) is 5.56 Å². The molecular weight excluding hydrogens is 452 g/mol. The average molecular weight is 482 g/mol. The summed E-state index contributed by atoms with van der Waals surface area (Å²) < 4.78 is 23.2. The summed E-state index contributed by atoms with van der Waals surface area (Å²) in [6.07, 6.45) is 9.90. The van der Waals surface area contributed by atoms with Gasteiger partial charge in [0.2, 0.25) is 11.6 Å². The first-order valence-electron chi connectivity index (χ1n) is 11.5. The number of fused-ring (bicyclic) bond motifs is 1. The number of methoxy groups -OCH3 is 3. The molecule has 1 unspecified atom stereocenters. The third-order valence-corrected chi connectivity index (χ3v) is 5.98. The van der Waals surface area contributed by atoms with Crippen LogP contribution in [0, 0.1) is 5.92 Å². The monoisotopic (exact) mass is 481 g/mol. The van der Waals surface area contributed by atoms with Gasteiger partial charge < -0.3 is 18.7 Å². The van der Waals surface area contributed by atoms with Gasteiger partial charge in [0.1, 0.15) is 11.6 Å². The van der Waals surface area contributed by atoms with Crippen LogP contribution in [0.5, 0.6) is 17.2 Å². The summed E-state index contributed by atoms with van der Waals surface area (Å²) in [5, 5.41) is 4.08. The van der Waals surface area contributed by atoms with E-state index in [4.69, 9.17) is 18.7 Å². The van der Waals surface area contributed by atoms with Crippen molar-refractivity contribution in [2.45, 2.75) is 32.7 Å². The third kappa shape index (κ3) is 4.68. The fraction of sp³-hybridized carbons (Fsp3) is 0.400. The summed E-state index contributed by atoms with van der Waals surface area (Å²) in [6, 6.07) is 3.05. The molecule has 0 saturated carbocycles. The third-order valence-electron chi connectivity index (χ3n) is 5.98. The minimum Gasteiger partial charge on any atom is -0.493 e. The molecule has 0 saturated heterocycles. The molecule has 3 amide bonds. The maximum Gasteiger partial charge on any atom is 0.501 e. The second kappa shape index (κ2) is 10.5. The predicted molar refractivity (Wildman–Crippen MR) is 127 cm³/mol. The number of ether oxygens (including phenoxy) is 3. The largest absolute Gasteiger partial charge is 0.501 e. The predicted octanol–water partition coefficient (Wildman–Crippen LogP) is 3.61. The van der Waals surface area contributed by atoms with Crippen molar-refractivity contribution >= 4 is 17.6 Å². The molecule has 0 bridgehead atoms. The van der Waals surface area contributed by atoms with E-state index in [0.29, 0.717) is 40.9 Å². The highest BCUT2D eigenvalue weighted by molar-refractivity contribution is 6.16. The number of hydrogen-bond donors (Lipinski definition) is 0. The van der Waals surface area contributed by atoms with Crippen molar-refractivity contribution in [1.82, 2.24) is 15.0 Å². The van der Waals surface area contributed by atoms with Crippen molar-refractivity contribution in [3.8, 4) is 28.6 Å². The zero-order valence-corrected chi connectivity index (χ0v) is 20.3. The maximum atomic E-state index is 13.3. The molecule has 1 aromatic carbocycles. The molecule has 4 rings (SSSR count). The lowest BCUT2D eigenvalue weighted by Crippen LogP contribution is -2.54. The molecule has 2 aromatic rings. The maximum absolute atomic E-state index is 13.3. The van der Waals surface area contributed by atoms with Crippen molar-refractivity contribution in [3.63, 3.8) is 0 Å². The van der Waals surface area contributed by atoms with Crippen molar-refractivity contribution in [3.05, 3.63) is 42.3 Å². The molecule has 1 atom stereocenters. The van der Waals surface area contributed by atoms with E-state index in [1.54, 1.807) is 30.4 Å². The van der Waals surface area contributed by atoms with Gasteiger partial charge in [-0.05, 0) is 31.1 Å². The number of carbonyl (C=O) groups is 2. The van der Waals surface area contributed by atoms with Crippen molar-refractivity contribution in [1.29, 1.82) is 0 Å². The Morgan fingerprint density at radius 1 is 1.06 bits per heavy atom. The van der Waals surface area contributed by atoms with Crippen LogP contribution in [0.25, 0.3) is 11.4 Å². The molecule has 184 valence electrons. The first-order valence-corrected chi connectivity index (χ1v) is 11.5. The molecule has 10 nitrogen and oxygen atoms in total. The SMILES string of the molecule is CCCCCN1C(=O)C2C=CC=CC2=[N+](Cc2nc(-c3cc(OC)c(OC)c(OC)c3)no2)C1=O. The smallest absolute Gasteiger partial charge is 0.493 e. The second-order valence-corrected chi connectivity index (χ2v) is 8.14. The van der Waals surface area contributed by atoms with Gasteiger partial charge in [0.15, 0.2) is 18.0 Å². The molecular formula is C25H29N4O6+. The number of hydrogen-bond acceptors (Lipinski definition) is 8. The highest BCUT2D eigenvalue weighted by Gasteiger charge is 2.46. The van der Waals surface area contributed by atoms with E-state index in [0.717, 1.165) is 19.3 Å². The number of amides is 3. The Hall–Kier alpha value is -3.95. The van der Waals surface area contributed by atoms with E-state index in [9.17, 15) is 9.59 Å². The molecule has 2 heterocycles. The van der Waals surface area contributed by atoms with E-state index < -0.39 is 5.92 Å². The van der Waals surface area contributed by atoms with Crippen molar-refractivity contribution < 1.29 is 32.9 Å². The number of nitrogens with zero attached hydrogens (tertiary/aromatic N) is 4. The first-order chi connectivity index (χ1) is 17.0. The minimum atomic E-state index is -0.517. The minimum absolute atomic E-state index is 0.0395. The van der Waals surface area contributed by atoms with Crippen LogP contribution in [0.3, 0.4) is 0 Å². The van der Waals surface area contributed by atoms with Crippen LogP contribution >= 0.6 is 0 Å². The van der Waals surface area contributed by atoms with E-state index in [1.165, 1.54) is 30.8 Å². The Balaban J connectivity index is 1.65. The number of carbonyl (C=O) groups excluding carboxylic acids is 2. The average Bonchev–Trinajstić information content (AvgIpc) is 3.36. The normalized spacial score (nSPS) is 17.1. The quantitative estimate of drug-likeness (QED) is 0.374. The topological polar surface area (TPSA) is 107 Å². The lowest BCUT2D eigenvalue weighted by atomic mass is 9.94. The summed E-state index contributed by atoms with van der Waals surface area (Å²) in [4.78, 5) is 32.1. The molecule has 10 heteroatoms. The second-order valence-electron chi connectivity index (χ2n) is 8.14. The summed E-state index contributed by atoms with van der Waals surface area (Å²) >= 11 is 0. The van der Waals surface area contributed by atoms with E-state index >= 15 is 0 Å². The van der Waals surface area contributed by atoms with E-state index in [-0.39, 0.29) is 24.4 Å². The van der Waals surface area contributed by atoms with Crippen LogP contribution in [0.2, 0.25) is 0 Å². The van der Waals surface area contributed by atoms with Crippen LogP contribution in [0.1, 0.15) is 32.1 Å². The molecule has 0 N–H and O–H groups in total. The zero-order valence-electron chi connectivity index (χ0n) is 20.3. The summed E-state index contributed by atoms with van der Waals surface area (Å²) in [5.74, 6) is 1.18. The number of urea groups is 1. The molecule has 1 aromatic heterocycles. The lowest BCUT2D eigenvalue weighted by Gasteiger charge is -2.26. The van der Waals surface area contributed by atoms with Crippen molar-refractivity contribution in [2.75, 3.05) is 27.9 Å². The molecule has 1 aliphatic heterocycles. The van der Waals surface area contributed by atoms with Gasteiger partial charge in [-0.2, -0.15) is 19.3 Å². The van der Waals surface area contributed by atoms with E-state index in [2.05, 4.69) is 17.1 Å². The molecule has 0 radical (unpaired) electrons. The van der Waals surface area contributed by atoms with Crippen LogP contribution in [0.4, 0.5) is 4.79 Å². The Labute approximate surface area is 203 Å². The number of aromatic nitrogens is 2. The molecule has 2 aliphatic rings. The molecule has 1 aliphatic carbocycles. The van der Waals surface area contributed by atoms with Gasteiger partial charge in [-0.3, -0.25) is 0 Å². The summed E-state index contributed by atoms with van der Waals surface area (Å²) in [7, 11) is 4.58. The number of unbranched alkanes of at least 4 members (excludes halogenated alkanes) is 2. The van der Waals surface area contributed by atoms with Crippen LogP contribution in [0.15, 0.2) is 41.0 Å². The summed E-state index contributed by atoms with van der Waals surface area (Å²) in [5.41, 5.74) is 1.20. The Bertz CT molecular complexity index is 1190. The van der Waals surface area contributed by atoms with Gasteiger partial charge in [-0.1, -0.05) is 36.7 Å². The zero-order chi connectivity index (χ0) is 24.9. The number of rotatable bonds is 10. The molecule has 0 spiro atoms. The highest BCUT2D eigenvalue weighted by Crippen LogP contribution is 2.40.